The van der Waals surface area contributed by atoms with Gasteiger partial charge in [0.1, 0.15) is 23.9 Å². The Morgan fingerprint density at radius 3 is 2.88 bits per heavy atom. The van der Waals surface area contributed by atoms with E-state index in [9.17, 15) is 4.39 Å². The predicted octanol–water partition coefficient (Wildman–Crippen LogP) is 2.88. The van der Waals surface area contributed by atoms with Gasteiger partial charge in [-0.05, 0) is 6.92 Å². The molecule has 84 valence electrons. The number of phenols is 1. The molecule has 2 rings (SSSR count). The molecule has 1 N–H and O–H groups in total. The molecule has 0 fully saturated rings. The van der Waals surface area contributed by atoms with Crippen molar-refractivity contribution < 1.29 is 14.2 Å². The van der Waals surface area contributed by atoms with E-state index >= 15 is 0 Å². The number of aromatic nitrogens is 1. The van der Waals surface area contributed by atoms with Crippen molar-refractivity contribution >= 4 is 11.3 Å². The maximum Gasteiger partial charge on any atom is 0.130 e. The third kappa shape index (κ3) is 2.70. The van der Waals surface area contributed by atoms with Crippen molar-refractivity contribution in [1.29, 1.82) is 0 Å². The van der Waals surface area contributed by atoms with Crippen LogP contribution in [0.3, 0.4) is 0 Å². The van der Waals surface area contributed by atoms with Crippen LogP contribution in [-0.2, 0) is 6.61 Å². The van der Waals surface area contributed by atoms with Crippen molar-refractivity contribution in [2.45, 2.75) is 13.5 Å². The van der Waals surface area contributed by atoms with Crippen molar-refractivity contribution in [3.8, 4) is 11.5 Å². The van der Waals surface area contributed by atoms with Crippen molar-refractivity contribution in [3.05, 3.63) is 40.1 Å². The van der Waals surface area contributed by atoms with Crippen LogP contribution in [0.5, 0.6) is 11.5 Å². The molecule has 0 spiro atoms. The molecule has 0 saturated heterocycles. The van der Waals surface area contributed by atoms with E-state index in [-0.39, 0.29) is 5.75 Å². The van der Waals surface area contributed by atoms with Gasteiger partial charge in [-0.2, -0.15) is 0 Å². The molecule has 3 nitrogen and oxygen atoms in total. The molecule has 0 saturated carbocycles. The van der Waals surface area contributed by atoms with Crippen LogP contribution in [0.4, 0.5) is 4.39 Å². The van der Waals surface area contributed by atoms with Crippen molar-refractivity contribution in [3.63, 3.8) is 0 Å². The summed E-state index contributed by atoms with van der Waals surface area (Å²) < 4.78 is 18.2. The zero-order valence-electron chi connectivity index (χ0n) is 8.61. The molecule has 1 heterocycles. The fourth-order valence-corrected chi connectivity index (χ4v) is 1.97. The Morgan fingerprint density at radius 2 is 2.25 bits per heavy atom. The Labute approximate surface area is 96.2 Å². The Bertz CT molecular complexity index is 478. The minimum atomic E-state index is -0.518. The van der Waals surface area contributed by atoms with Crippen molar-refractivity contribution in [2.75, 3.05) is 0 Å². The molecule has 2 aromatic rings. The number of aromatic hydroxyl groups is 1. The van der Waals surface area contributed by atoms with E-state index in [1.165, 1.54) is 23.5 Å². The summed E-state index contributed by atoms with van der Waals surface area (Å²) in [5, 5.41) is 10.1. The Morgan fingerprint density at radius 1 is 1.44 bits per heavy atom. The lowest BCUT2D eigenvalue weighted by Crippen LogP contribution is -1.93. The third-order valence-corrected chi connectivity index (χ3v) is 2.79. The molecule has 0 amide bonds. The second kappa shape index (κ2) is 4.49. The molecule has 0 bridgehead atoms. The van der Waals surface area contributed by atoms with Crippen LogP contribution < -0.4 is 4.74 Å². The summed E-state index contributed by atoms with van der Waals surface area (Å²) in [7, 11) is 0. The molecular weight excluding hydrogens is 229 g/mol. The lowest BCUT2D eigenvalue weighted by Gasteiger charge is -2.04. The fourth-order valence-electron chi connectivity index (χ4n) is 1.26. The summed E-state index contributed by atoms with van der Waals surface area (Å²) in [5.74, 6) is -0.352. The lowest BCUT2D eigenvalue weighted by atomic mass is 10.3. The first kappa shape index (κ1) is 10.9. The average molecular weight is 239 g/mol. The van der Waals surface area contributed by atoms with Gasteiger partial charge in [0.2, 0.25) is 0 Å². The first-order valence-corrected chi connectivity index (χ1v) is 5.49. The Balaban J connectivity index is 2.04. The van der Waals surface area contributed by atoms with Crippen LogP contribution in [0.1, 0.15) is 9.88 Å². The smallest absolute Gasteiger partial charge is 0.130 e. The van der Waals surface area contributed by atoms with Gasteiger partial charge < -0.3 is 9.84 Å². The van der Waals surface area contributed by atoms with E-state index in [0.717, 1.165) is 16.0 Å². The van der Waals surface area contributed by atoms with Gasteiger partial charge in [-0.15, -0.1) is 11.3 Å². The van der Waals surface area contributed by atoms with Crippen LogP contribution in [0.25, 0.3) is 0 Å². The van der Waals surface area contributed by atoms with E-state index < -0.39 is 5.82 Å². The first-order valence-electron chi connectivity index (χ1n) is 4.67. The SMILES string of the molecule is Cc1ncc(COc2cc(O)cc(F)c2)s1. The molecule has 1 aromatic heterocycles. The van der Waals surface area contributed by atoms with Gasteiger partial charge in [-0.25, -0.2) is 9.37 Å². The van der Waals surface area contributed by atoms with Crippen molar-refractivity contribution in [1.82, 2.24) is 4.98 Å². The highest BCUT2D eigenvalue weighted by Crippen LogP contribution is 2.22. The topological polar surface area (TPSA) is 42.4 Å². The summed E-state index contributed by atoms with van der Waals surface area (Å²) in [6.45, 7) is 2.23. The van der Waals surface area contributed by atoms with Gasteiger partial charge in [-0.1, -0.05) is 0 Å². The molecule has 5 heteroatoms. The Kier molecular flexibility index (Phi) is 3.05. The number of benzene rings is 1. The number of rotatable bonds is 3. The normalized spacial score (nSPS) is 10.4. The molecule has 0 aliphatic carbocycles. The minimum absolute atomic E-state index is 0.143. The number of hydrogen-bond acceptors (Lipinski definition) is 4. The molecule has 16 heavy (non-hydrogen) atoms. The van der Waals surface area contributed by atoms with Crippen LogP contribution >= 0.6 is 11.3 Å². The van der Waals surface area contributed by atoms with Crippen LogP contribution in [-0.4, -0.2) is 10.1 Å². The summed E-state index contributed by atoms with van der Waals surface area (Å²) in [6, 6.07) is 3.63. The van der Waals surface area contributed by atoms with E-state index in [2.05, 4.69) is 4.98 Å². The van der Waals surface area contributed by atoms with Gasteiger partial charge in [-0.3, -0.25) is 0 Å². The minimum Gasteiger partial charge on any atom is -0.508 e. The van der Waals surface area contributed by atoms with E-state index in [0.29, 0.717) is 12.4 Å². The second-order valence-electron chi connectivity index (χ2n) is 3.28. The summed E-state index contributed by atoms with van der Waals surface area (Å²) >= 11 is 1.52. The zero-order valence-corrected chi connectivity index (χ0v) is 9.42. The van der Waals surface area contributed by atoms with Gasteiger partial charge in [0, 0.05) is 24.4 Å². The number of thiazole rings is 1. The van der Waals surface area contributed by atoms with Gasteiger partial charge in [0.05, 0.1) is 9.88 Å². The van der Waals surface area contributed by atoms with E-state index in [4.69, 9.17) is 9.84 Å². The number of phenolic OH excluding ortho intramolecular Hbond substituents is 1. The van der Waals surface area contributed by atoms with Crippen molar-refractivity contribution in [2.24, 2.45) is 0 Å². The zero-order chi connectivity index (χ0) is 11.5. The van der Waals surface area contributed by atoms with Gasteiger partial charge in [0.15, 0.2) is 0 Å². The molecule has 1 aromatic carbocycles. The average Bonchev–Trinajstić information content (AvgIpc) is 2.60. The fraction of sp³-hybridized carbons (Fsp3) is 0.182. The highest BCUT2D eigenvalue weighted by molar-refractivity contribution is 7.11. The highest BCUT2D eigenvalue weighted by Gasteiger charge is 2.03. The maximum absolute atomic E-state index is 12.9. The number of halogens is 1. The van der Waals surface area contributed by atoms with E-state index in [1.807, 2.05) is 6.92 Å². The summed E-state index contributed by atoms with van der Waals surface area (Å²) in [6.07, 6.45) is 1.72. The second-order valence-corrected chi connectivity index (χ2v) is 4.60. The third-order valence-electron chi connectivity index (χ3n) is 1.91. The van der Waals surface area contributed by atoms with Gasteiger partial charge in [0.25, 0.3) is 0 Å². The molecule has 0 unspecified atom stereocenters. The molecule has 0 radical (unpaired) electrons. The number of hydrogen-bond donors (Lipinski definition) is 1. The monoisotopic (exact) mass is 239 g/mol. The quantitative estimate of drug-likeness (QED) is 0.895. The predicted molar refractivity (Wildman–Crippen MR) is 59.2 cm³/mol. The molecule has 0 aliphatic rings. The lowest BCUT2D eigenvalue weighted by molar-refractivity contribution is 0.305. The standard InChI is InChI=1S/C11H10FNO2S/c1-7-13-5-11(16-7)6-15-10-3-8(12)2-9(14)4-10/h2-5,14H,6H2,1H3. The number of nitrogens with zero attached hydrogens (tertiary/aromatic N) is 1. The van der Waals surface area contributed by atoms with Crippen LogP contribution in [0.15, 0.2) is 24.4 Å². The highest BCUT2D eigenvalue weighted by atomic mass is 32.1. The number of aryl methyl sites for hydroxylation is 1. The Hall–Kier alpha value is -1.62. The summed E-state index contributed by atoms with van der Waals surface area (Å²) in [5.41, 5.74) is 0. The van der Waals surface area contributed by atoms with Crippen LogP contribution in [0, 0.1) is 12.7 Å². The molecular formula is C11H10FNO2S. The largest absolute Gasteiger partial charge is 0.508 e. The number of ether oxygens (including phenoxy) is 1. The molecule has 0 aliphatic heterocycles. The molecule has 0 atom stereocenters. The van der Waals surface area contributed by atoms with Gasteiger partial charge >= 0.3 is 0 Å². The van der Waals surface area contributed by atoms with Crippen LogP contribution in [0.2, 0.25) is 0 Å². The first-order chi connectivity index (χ1) is 7.63. The van der Waals surface area contributed by atoms with E-state index in [1.54, 1.807) is 6.20 Å². The summed E-state index contributed by atoms with van der Waals surface area (Å²) in [4.78, 5) is 5.04. The maximum atomic E-state index is 12.9.